The van der Waals surface area contributed by atoms with Gasteiger partial charge in [0.05, 0.1) is 82.9 Å². The normalized spacial score (nSPS) is 15.1. The number of hydrogen-bond acceptors (Lipinski definition) is 16. The second-order valence-electron chi connectivity index (χ2n) is 16.8. The van der Waals surface area contributed by atoms with E-state index in [9.17, 15) is 9.59 Å². The lowest BCUT2D eigenvalue weighted by atomic mass is 9.88. The molecule has 18 nitrogen and oxygen atoms in total. The van der Waals surface area contributed by atoms with Gasteiger partial charge in [0.2, 0.25) is 0 Å². The van der Waals surface area contributed by atoms with Crippen molar-refractivity contribution in [1.29, 1.82) is 0 Å². The molecule has 2 aliphatic heterocycles. The number of carboxylic acid groups (broad SMARTS) is 2. The molecule has 18 heteroatoms. The number of rotatable bonds is 24. The number of carbonyl (C=O) groups is 4. The van der Waals surface area contributed by atoms with Crippen molar-refractivity contribution in [2.75, 3.05) is 96.3 Å². The molecule has 0 bridgehead atoms. The van der Waals surface area contributed by atoms with E-state index >= 15 is 0 Å². The molecule has 0 amide bonds. The lowest BCUT2D eigenvalue weighted by molar-refractivity contribution is -0.159. The Balaban J connectivity index is 0.00000147. The molecular formula is C53H68N2O16. The van der Waals surface area contributed by atoms with Crippen LogP contribution in [0.5, 0.6) is 46.0 Å². The van der Waals surface area contributed by atoms with Crippen LogP contribution in [0, 0.1) is 0 Å². The number of hydrogen-bond donors (Lipinski definition) is 2. The average Bonchev–Trinajstić information content (AvgIpc) is 3.39. The summed E-state index contributed by atoms with van der Waals surface area (Å²) in [4.78, 5) is 48.9. The number of benzene rings is 4. The van der Waals surface area contributed by atoms with Crippen LogP contribution in [0.25, 0.3) is 0 Å². The SMILES string of the molecule is COc1ccc(C[C@@H]2c3cc(OC)c(OC)cc3CCN2CCC(=O)OCCCCCOC(=O)CCN2CCc3cc(OC)c(OC)cc3[C@H]2Cc2ccc(OC)c(OC)c2)cc1OC.O=C(O)C(=O)O. The van der Waals surface area contributed by atoms with Crippen LogP contribution in [0.2, 0.25) is 0 Å². The Labute approximate surface area is 415 Å². The number of ether oxygens (including phenoxy) is 10. The van der Waals surface area contributed by atoms with E-state index in [0.29, 0.717) is 98.0 Å². The number of nitrogens with zero attached hydrogens (tertiary/aromatic N) is 2. The summed E-state index contributed by atoms with van der Waals surface area (Å²) >= 11 is 0. The molecule has 71 heavy (non-hydrogen) atoms. The first kappa shape index (κ1) is 55.0. The zero-order valence-corrected chi connectivity index (χ0v) is 42.0. The first-order valence-electron chi connectivity index (χ1n) is 23.5. The van der Waals surface area contributed by atoms with E-state index in [4.69, 9.17) is 67.2 Å². The molecule has 6 rings (SSSR count). The predicted molar refractivity (Wildman–Crippen MR) is 262 cm³/mol. The molecule has 0 aliphatic carbocycles. The summed E-state index contributed by atoms with van der Waals surface area (Å²) in [6, 6.07) is 20.2. The standard InChI is InChI=1S/C51H66N2O12.C2H2O4/c1-56-42-14-12-34(28-44(42)58-3)26-40-38-32-48(62-7)46(60-5)30-36(38)16-20-52(40)22-18-50(54)64-24-10-9-11-25-65-51(55)19-23-53-21-17-37-31-47(61-6)49(63-8)33-39(37)41(53)27-35-13-15-43(57-2)45(29-35)59-4;3-1(4)2(5)6/h12-15,28-33,40-41H,9-11,16-27H2,1-8H3;(H,3,4)(H,5,6)/t40-,41-;/m1./s1. The largest absolute Gasteiger partial charge is 0.493 e. The van der Waals surface area contributed by atoms with E-state index in [-0.39, 0.29) is 36.9 Å². The fraction of sp³-hybridized carbons (Fsp3) is 0.472. The zero-order valence-electron chi connectivity index (χ0n) is 42.0. The molecule has 2 aliphatic rings. The van der Waals surface area contributed by atoms with E-state index in [0.717, 1.165) is 54.6 Å². The van der Waals surface area contributed by atoms with Gasteiger partial charge in [-0.3, -0.25) is 19.4 Å². The smallest absolute Gasteiger partial charge is 0.414 e. The number of fused-ring (bicyclic) bond motifs is 2. The zero-order chi connectivity index (χ0) is 51.5. The van der Waals surface area contributed by atoms with Crippen molar-refractivity contribution >= 4 is 23.9 Å². The molecule has 4 aromatic carbocycles. The number of methoxy groups -OCH3 is 8. The third kappa shape index (κ3) is 15.0. The molecule has 0 fully saturated rings. The minimum atomic E-state index is -1.82. The number of carboxylic acids is 2. The summed E-state index contributed by atoms with van der Waals surface area (Å²) in [6.45, 7) is 3.29. The minimum absolute atomic E-state index is 0.0112. The van der Waals surface area contributed by atoms with Gasteiger partial charge in [0.15, 0.2) is 46.0 Å². The van der Waals surface area contributed by atoms with Crippen LogP contribution in [-0.4, -0.2) is 140 Å². The molecule has 0 unspecified atom stereocenters. The Kier molecular flexibility index (Phi) is 21.3. The molecule has 2 heterocycles. The van der Waals surface area contributed by atoms with Crippen LogP contribution in [-0.2, 0) is 54.3 Å². The Morgan fingerprint density at radius 3 is 1.14 bits per heavy atom. The first-order chi connectivity index (χ1) is 34.3. The topological polar surface area (TPSA) is 208 Å². The number of unbranched alkanes of at least 4 members (excludes halogenated alkanes) is 2. The van der Waals surface area contributed by atoms with Gasteiger partial charge in [0.1, 0.15) is 0 Å². The third-order valence-corrected chi connectivity index (χ3v) is 12.7. The van der Waals surface area contributed by atoms with Crippen molar-refractivity contribution in [2.45, 2.75) is 69.9 Å². The Morgan fingerprint density at radius 1 is 0.465 bits per heavy atom. The van der Waals surface area contributed by atoms with E-state index in [1.807, 2.05) is 36.4 Å². The number of esters is 2. The maximum Gasteiger partial charge on any atom is 0.414 e. The molecule has 0 radical (unpaired) electrons. The van der Waals surface area contributed by atoms with Gasteiger partial charge in [-0.1, -0.05) is 12.1 Å². The fourth-order valence-corrected chi connectivity index (χ4v) is 9.00. The van der Waals surface area contributed by atoms with Gasteiger partial charge >= 0.3 is 23.9 Å². The summed E-state index contributed by atoms with van der Waals surface area (Å²) in [5, 5.41) is 14.8. The van der Waals surface area contributed by atoms with Crippen molar-refractivity contribution in [3.8, 4) is 46.0 Å². The lowest BCUT2D eigenvalue weighted by Crippen LogP contribution is -2.38. The Hall–Kier alpha value is -6.92. The van der Waals surface area contributed by atoms with E-state index in [1.165, 1.54) is 11.1 Å². The first-order valence-corrected chi connectivity index (χ1v) is 23.5. The monoisotopic (exact) mass is 988 g/mol. The Bertz CT molecular complexity index is 2260. The van der Waals surface area contributed by atoms with Crippen LogP contribution < -0.4 is 37.9 Å². The van der Waals surface area contributed by atoms with Crippen molar-refractivity contribution in [3.05, 3.63) is 94.0 Å². The molecular weight excluding hydrogens is 921 g/mol. The van der Waals surface area contributed by atoms with Gasteiger partial charge in [0.25, 0.3) is 0 Å². The highest BCUT2D eigenvalue weighted by molar-refractivity contribution is 6.27. The lowest BCUT2D eigenvalue weighted by Gasteiger charge is -2.38. The maximum atomic E-state index is 13.0. The number of carbonyl (C=O) groups excluding carboxylic acids is 2. The minimum Gasteiger partial charge on any atom is -0.493 e. The van der Waals surface area contributed by atoms with Crippen LogP contribution >= 0.6 is 0 Å². The third-order valence-electron chi connectivity index (χ3n) is 12.7. The molecule has 386 valence electrons. The summed E-state index contributed by atoms with van der Waals surface area (Å²) < 4.78 is 56.1. The van der Waals surface area contributed by atoms with E-state index in [1.54, 1.807) is 56.9 Å². The summed E-state index contributed by atoms with van der Waals surface area (Å²) in [6.07, 6.45) is 5.69. The van der Waals surface area contributed by atoms with Crippen LogP contribution in [0.1, 0.15) is 77.6 Å². The second-order valence-corrected chi connectivity index (χ2v) is 16.8. The van der Waals surface area contributed by atoms with E-state index in [2.05, 4.69) is 34.1 Å². The molecule has 4 aromatic rings. The molecule has 0 spiro atoms. The maximum absolute atomic E-state index is 13.0. The Morgan fingerprint density at radius 2 is 0.803 bits per heavy atom. The van der Waals surface area contributed by atoms with E-state index < -0.39 is 11.9 Å². The quantitative estimate of drug-likeness (QED) is 0.0414. The van der Waals surface area contributed by atoms with Crippen molar-refractivity contribution < 1.29 is 76.8 Å². The summed E-state index contributed by atoms with van der Waals surface area (Å²) in [5.74, 6) is 1.31. The predicted octanol–water partition coefficient (Wildman–Crippen LogP) is 6.93. The average molecular weight is 989 g/mol. The fourth-order valence-electron chi connectivity index (χ4n) is 9.00. The summed E-state index contributed by atoms with van der Waals surface area (Å²) in [7, 11) is 13.1. The van der Waals surface area contributed by atoms with Crippen molar-refractivity contribution in [2.24, 2.45) is 0 Å². The molecule has 0 saturated heterocycles. The van der Waals surface area contributed by atoms with Crippen LogP contribution in [0.15, 0.2) is 60.7 Å². The highest BCUT2D eigenvalue weighted by Gasteiger charge is 2.32. The van der Waals surface area contributed by atoms with Gasteiger partial charge in [-0.25, -0.2) is 9.59 Å². The molecule has 2 atom stereocenters. The second kappa shape index (κ2) is 27.5. The van der Waals surface area contributed by atoms with Gasteiger partial charge in [-0.15, -0.1) is 0 Å². The molecule has 0 aromatic heterocycles. The summed E-state index contributed by atoms with van der Waals surface area (Å²) in [5.41, 5.74) is 6.86. The van der Waals surface area contributed by atoms with Gasteiger partial charge in [0, 0.05) is 38.3 Å². The van der Waals surface area contributed by atoms with Gasteiger partial charge in [-0.05, 0) is 127 Å². The van der Waals surface area contributed by atoms with Crippen molar-refractivity contribution in [3.63, 3.8) is 0 Å². The highest BCUT2D eigenvalue weighted by Crippen LogP contribution is 2.42. The molecule has 0 saturated carbocycles. The van der Waals surface area contributed by atoms with Crippen molar-refractivity contribution in [1.82, 2.24) is 9.80 Å². The highest BCUT2D eigenvalue weighted by atomic mass is 16.5. The van der Waals surface area contributed by atoms with Gasteiger partial charge in [-0.2, -0.15) is 0 Å². The van der Waals surface area contributed by atoms with Gasteiger partial charge < -0.3 is 57.6 Å². The van der Waals surface area contributed by atoms with Crippen LogP contribution in [0.3, 0.4) is 0 Å². The number of aliphatic carboxylic acids is 2. The molecule has 2 N–H and O–H groups in total. The van der Waals surface area contributed by atoms with Crippen LogP contribution in [0.4, 0.5) is 0 Å².